The maximum Gasteiger partial charge on any atom is 0.236 e. The van der Waals surface area contributed by atoms with E-state index in [9.17, 15) is 9.18 Å². The summed E-state index contributed by atoms with van der Waals surface area (Å²) in [6.45, 7) is 1.83. The number of ether oxygens (including phenoxy) is 1. The summed E-state index contributed by atoms with van der Waals surface area (Å²) in [7, 11) is 1.80. The third-order valence-corrected chi connectivity index (χ3v) is 5.18. The van der Waals surface area contributed by atoms with E-state index in [0.717, 1.165) is 4.47 Å². The average molecular weight is 466 g/mol. The van der Waals surface area contributed by atoms with Gasteiger partial charge in [-0.25, -0.2) is 9.37 Å². The monoisotopic (exact) mass is 465 g/mol. The summed E-state index contributed by atoms with van der Waals surface area (Å²) in [5.41, 5.74) is 0. The van der Waals surface area contributed by atoms with E-state index in [0.29, 0.717) is 22.5 Å². The van der Waals surface area contributed by atoms with Crippen molar-refractivity contribution in [3.8, 4) is 5.75 Å². The highest BCUT2D eigenvalue weighted by Crippen LogP contribution is 2.24. The van der Waals surface area contributed by atoms with Gasteiger partial charge < -0.3 is 14.6 Å². The molecule has 28 heavy (non-hydrogen) atoms. The largest absolute Gasteiger partial charge is 0.483 e. The molecule has 3 aromatic rings. The van der Waals surface area contributed by atoms with Gasteiger partial charge in [0, 0.05) is 17.7 Å². The predicted octanol–water partition coefficient (Wildman–Crippen LogP) is 3.98. The minimum Gasteiger partial charge on any atom is -0.483 e. The summed E-state index contributed by atoms with van der Waals surface area (Å²) in [5.74, 6) is 1.26. The number of thioether (sulfide) groups is 1. The van der Waals surface area contributed by atoms with E-state index >= 15 is 0 Å². The van der Waals surface area contributed by atoms with Crippen LogP contribution in [-0.2, 0) is 11.8 Å². The molecule has 0 fully saturated rings. The van der Waals surface area contributed by atoms with Crippen LogP contribution >= 0.6 is 27.7 Å². The number of nitrogens with zero attached hydrogens (tertiary/aromatic N) is 4. The first-order valence-corrected chi connectivity index (χ1v) is 10.1. The van der Waals surface area contributed by atoms with E-state index in [1.807, 2.05) is 6.92 Å². The van der Waals surface area contributed by atoms with Crippen molar-refractivity contribution >= 4 is 39.4 Å². The number of carbonyl (C=O) groups is 1. The van der Waals surface area contributed by atoms with Crippen molar-refractivity contribution in [2.75, 3.05) is 11.1 Å². The molecule has 1 atom stereocenters. The number of hydrogen-bond acceptors (Lipinski definition) is 6. The lowest BCUT2D eigenvalue weighted by atomic mass is 10.3. The van der Waals surface area contributed by atoms with Gasteiger partial charge in [0.15, 0.2) is 17.1 Å². The van der Waals surface area contributed by atoms with Gasteiger partial charge in [0.25, 0.3) is 0 Å². The molecule has 10 heteroatoms. The van der Waals surface area contributed by atoms with Gasteiger partial charge in [-0.2, -0.15) is 0 Å². The Kier molecular flexibility index (Phi) is 6.63. The zero-order valence-corrected chi connectivity index (χ0v) is 17.5. The molecule has 0 radical (unpaired) electrons. The zero-order chi connectivity index (χ0) is 20.1. The van der Waals surface area contributed by atoms with Crippen LogP contribution in [0.1, 0.15) is 18.9 Å². The van der Waals surface area contributed by atoms with Crippen LogP contribution in [0.3, 0.4) is 0 Å². The SMILES string of the molecule is CC(Oc1ccc(F)cc1)c1nnc(SCC(=O)Nc2ccc(Br)cn2)n1C. The highest BCUT2D eigenvalue weighted by Gasteiger charge is 2.18. The van der Waals surface area contributed by atoms with Crippen molar-refractivity contribution in [3.63, 3.8) is 0 Å². The quantitative estimate of drug-likeness (QED) is 0.531. The van der Waals surface area contributed by atoms with Gasteiger partial charge in [0.1, 0.15) is 17.4 Å². The van der Waals surface area contributed by atoms with E-state index in [4.69, 9.17) is 4.74 Å². The van der Waals surface area contributed by atoms with Crippen LogP contribution in [0.2, 0.25) is 0 Å². The molecule has 0 saturated carbocycles. The highest BCUT2D eigenvalue weighted by molar-refractivity contribution is 9.10. The number of nitrogens with one attached hydrogen (secondary N) is 1. The second-order valence-electron chi connectivity index (χ2n) is 5.81. The van der Waals surface area contributed by atoms with Crippen LogP contribution in [0.25, 0.3) is 0 Å². The van der Waals surface area contributed by atoms with Gasteiger partial charge in [-0.15, -0.1) is 10.2 Å². The van der Waals surface area contributed by atoms with Gasteiger partial charge >= 0.3 is 0 Å². The van der Waals surface area contributed by atoms with E-state index < -0.39 is 6.10 Å². The van der Waals surface area contributed by atoms with Crippen LogP contribution in [0.15, 0.2) is 52.2 Å². The fourth-order valence-electron chi connectivity index (χ4n) is 2.33. The average Bonchev–Trinajstić information content (AvgIpc) is 3.04. The van der Waals surface area contributed by atoms with Gasteiger partial charge in [0.05, 0.1) is 5.75 Å². The first-order chi connectivity index (χ1) is 13.4. The summed E-state index contributed by atoms with van der Waals surface area (Å²) >= 11 is 4.55. The molecule has 0 bridgehead atoms. The second-order valence-corrected chi connectivity index (χ2v) is 7.67. The van der Waals surface area contributed by atoms with Crippen molar-refractivity contribution in [2.24, 2.45) is 7.05 Å². The maximum absolute atomic E-state index is 13.0. The fourth-order valence-corrected chi connectivity index (χ4v) is 3.29. The molecular weight excluding hydrogens is 449 g/mol. The number of amides is 1. The highest BCUT2D eigenvalue weighted by atomic mass is 79.9. The lowest BCUT2D eigenvalue weighted by Gasteiger charge is -2.14. The molecule has 146 valence electrons. The number of hydrogen-bond donors (Lipinski definition) is 1. The molecule has 7 nitrogen and oxygen atoms in total. The Bertz CT molecular complexity index is 950. The minimum atomic E-state index is -0.391. The van der Waals surface area contributed by atoms with Crippen LogP contribution < -0.4 is 10.1 Å². The molecule has 0 aliphatic carbocycles. The third kappa shape index (κ3) is 5.29. The number of rotatable bonds is 7. The molecule has 0 aliphatic heterocycles. The normalized spacial score (nSPS) is 11.9. The first-order valence-electron chi connectivity index (χ1n) is 8.28. The molecule has 1 N–H and O–H groups in total. The fraction of sp³-hybridized carbons (Fsp3) is 0.222. The maximum atomic E-state index is 13.0. The summed E-state index contributed by atoms with van der Waals surface area (Å²) in [6.07, 6.45) is 1.22. The van der Waals surface area contributed by atoms with E-state index in [2.05, 4.69) is 36.4 Å². The lowest BCUT2D eigenvalue weighted by molar-refractivity contribution is -0.113. The van der Waals surface area contributed by atoms with Crippen molar-refractivity contribution in [1.29, 1.82) is 0 Å². The molecule has 2 heterocycles. The second kappa shape index (κ2) is 9.16. The predicted molar refractivity (Wildman–Crippen MR) is 108 cm³/mol. The van der Waals surface area contributed by atoms with Crippen molar-refractivity contribution in [2.45, 2.75) is 18.2 Å². The Hall–Kier alpha value is -2.46. The van der Waals surface area contributed by atoms with Crippen molar-refractivity contribution in [3.05, 3.63) is 58.7 Å². The zero-order valence-electron chi connectivity index (χ0n) is 15.1. The minimum absolute atomic E-state index is 0.164. The van der Waals surface area contributed by atoms with E-state index in [1.165, 1.54) is 23.9 Å². The Morgan fingerprint density at radius 3 is 2.71 bits per heavy atom. The molecule has 3 rings (SSSR count). The number of carbonyl (C=O) groups excluding carboxylic acids is 1. The van der Waals surface area contributed by atoms with Crippen LogP contribution in [-0.4, -0.2) is 31.4 Å². The standard InChI is InChI=1S/C18H17BrFN5O2S/c1-11(27-14-6-4-13(20)5-7-14)17-23-24-18(25(17)2)28-10-16(26)22-15-8-3-12(19)9-21-15/h3-9,11H,10H2,1-2H3,(H,21,22,26). The summed E-state index contributed by atoms with van der Waals surface area (Å²) in [5, 5.41) is 11.6. The van der Waals surface area contributed by atoms with Crippen molar-refractivity contribution < 1.29 is 13.9 Å². The molecule has 0 saturated heterocycles. The third-order valence-electron chi connectivity index (χ3n) is 3.69. The Labute approximate surface area is 173 Å². The van der Waals surface area contributed by atoms with E-state index in [-0.39, 0.29) is 17.5 Å². The molecule has 1 unspecified atom stereocenters. The Morgan fingerprint density at radius 2 is 2.04 bits per heavy atom. The van der Waals surface area contributed by atoms with E-state index in [1.54, 1.807) is 42.1 Å². The number of anilines is 1. The molecule has 0 aliphatic rings. The molecular formula is C18H17BrFN5O2S. The summed E-state index contributed by atoms with van der Waals surface area (Å²) < 4.78 is 21.4. The number of benzene rings is 1. The summed E-state index contributed by atoms with van der Waals surface area (Å²) in [4.78, 5) is 16.2. The van der Waals surface area contributed by atoms with Gasteiger partial charge in [-0.1, -0.05) is 11.8 Å². The number of halogens is 2. The smallest absolute Gasteiger partial charge is 0.236 e. The van der Waals surface area contributed by atoms with Gasteiger partial charge in [-0.3, -0.25) is 4.79 Å². The lowest BCUT2D eigenvalue weighted by Crippen LogP contribution is -2.15. The molecule has 0 spiro atoms. The number of pyridine rings is 1. The van der Waals surface area contributed by atoms with Crippen LogP contribution in [0.4, 0.5) is 10.2 Å². The Morgan fingerprint density at radius 1 is 1.29 bits per heavy atom. The summed E-state index contributed by atoms with van der Waals surface area (Å²) in [6, 6.07) is 9.28. The van der Waals surface area contributed by atoms with Gasteiger partial charge in [-0.05, 0) is 59.3 Å². The topological polar surface area (TPSA) is 81.9 Å². The van der Waals surface area contributed by atoms with Crippen molar-refractivity contribution in [1.82, 2.24) is 19.7 Å². The Balaban J connectivity index is 1.57. The molecule has 2 aromatic heterocycles. The van der Waals surface area contributed by atoms with Gasteiger partial charge in [0.2, 0.25) is 5.91 Å². The molecule has 1 aromatic carbocycles. The number of aromatic nitrogens is 4. The van der Waals surface area contributed by atoms with Crippen LogP contribution in [0, 0.1) is 5.82 Å². The molecule has 1 amide bonds. The van der Waals surface area contributed by atoms with Crippen LogP contribution in [0.5, 0.6) is 5.75 Å². The first kappa shape index (κ1) is 20.3.